The molecule has 0 bridgehead atoms. The van der Waals surface area contributed by atoms with Crippen molar-refractivity contribution in [1.82, 2.24) is 0 Å². The number of fused-ring (bicyclic) bond motifs is 1. The molecule has 1 aliphatic heterocycles. The first-order chi connectivity index (χ1) is 8.36. The summed E-state index contributed by atoms with van der Waals surface area (Å²) in [6.07, 6.45) is 6.67. The SMILES string of the molecule is O=C1C2CC=CC=C2OCC1c1ccccc1. The molecule has 1 fully saturated rings. The summed E-state index contributed by atoms with van der Waals surface area (Å²) >= 11 is 0. The smallest absolute Gasteiger partial charge is 0.154 e. The molecule has 1 heterocycles. The number of carbonyl (C=O) groups excluding carboxylic acids is 1. The lowest BCUT2D eigenvalue weighted by molar-refractivity contribution is -0.128. The van der Waals surface area contributed by atoms with E-state index in [1.54, 1.807) is 0 Å². The molecule has 2 unspecified atom stereocenters. The van der Waals surface area contributed by atoms with Gasteiger partial charge < -0.3 is 4.74 Å². The highest BCUT2D eigenvalue weighted by atomic mass is 16.5. The number of ketones is 1. The summed E-state index contributed by atoms with van der Waals surface area (Å²) in [6, 6.07) is 9.90. The third kappa shape index (κ3) is 1.80. The Morgan fingerprint density at radius 3 is 2.76 bits per heavy atom. The summed E-state index contributed by atoms with van der Waals surface area (Å²) in [5.41, 5.74) is 1.06. The zero-order chi connectivity index (χ0) is 11.7. The third-order valence-electron chi connectivity index (χ3n) is 3.42. The minimum absolute atomic E-state index is 0.0704. The van der Waals surface area contributed by atoms with Gasteiger partial charge in [0.1, 0.15) is 12.4 Å². The van der Waals surface area contributed by atoms with E-state index in [0.29, 0.717) is 6.61 Å². The predicted molar refractivity (Wildman–Crippen MR) is 65.5 cm³/mol. The van der Waals surface area contributed by atoms with Gasteiger partial charge in [0.05, 0.1) is 11.8 Å². The van der Waals surface area contributed by atoms with E-state index in [0.717, 1.165) is 17.7 Å². The predicted octanol–water partition coefficient (Wildman–Crippen LogP) is 2.83. The molecule has 0 N–H and O–H groups in total. The van der Waals surface area contributed by atoms with Gasteiger partial charge in [-0.2, -0.15) is 0 Å². The van der Waals surface area contributed by atoms with E-state index < -0.39 is 0 Å². The Labute approximate surface area is 101 Å². The molecule has 0 amide bonds. The summed E-state index contributed by atoms with van der Waals surface area (Å²) in [5.74, 6) is 0.950. The van der Waals surface area contributed by atoms with Crippen LogP contribution in [-0.4, -0.2) is 12.4 Å². The summed E-state index contributed by atoms with van der Waals surface area (Å²) in [6.45, 7) is 0.471. The number of benzene rings is 1. The molecule has 0 radical (unpaired) electrons. The van der Waals surface area contributed by atoms with E-state index in [-0.39, 0.29) is 17.6 Å². The Morgan fingerprint density at radius 2 is 1.94 bits per heavy atom. The van der Waals surface area contributed by atoms with Crippen LogP contribution in [0, 0.1) is 5.92 Å². The number of hydrogen-bond donors (Lipinski definition) is 0. The molecule has 0 spiro atoms. The Morgan fingerprint density at radius 1 is 1.12 bits per heavy atom. The number of ether oxygens (including phenoxy) is 1. The fourth-order valence-corrected chi connectivity index (χ4v) is 2.47. The second-order valence-corrected chi connectivity index (χ2v) is 4.46. The van der Waals surface area contributed by atoms with Crippen molar-refractivity contribution in [2.45, 2.75) is 12.3 Å². The zero-order valence-corrected chi connectivity index (χ0v) is 9.50. The van der Waals surface area contributed by atoms with E-state index in [9.17, 15) is 4.79 Å². The van der Waals surface area contributed by atoms with E-state index in [4.69, 9.17) is 4.74 Å². The third-order valence-corrected chi connectivity index (χ3v) is 3.42. The maximum atomic E-state index is 12.4. The monoisotopic (exact) mass is 226 g/mol. The second-order valence-electron chi connectivity index (χ2n) is 4.46. The van der Waals surface area contributed by atoms with Crippen LogP contribution >= 0.6 is 0 Å². The van der Waals surface area contributed by atoms with Gasteiger partial charge >= 0.3 is 0 Å². The van der Waals surface area contributed by atoms with E-state index >= 15 is 0 Å². The molecule has 2 heteroatoms. The molecule has 2 aliphatic rings. The lowest BCUT2D eigenvalue weighted by atomic mass is 9.81. The first-order valence-corrected chi connectivity index (χ1v) is 5.94. The van der Waals surface area contributed by atoms with Crippen molar-refractivity contribution in [2.75, 3.05) is 6.61 Å². The highest BCUT2D eigenvalue weighted by molar-refractivity contribution is 5.91. The second kappa shape index (κ2) is 4.21. The average Bonchev–Trinajstić information content (AvgIpc) is 2.40. The van der Waals surface area contributed by atoms with Crippen molar-refractivity contribution >= 4 is 5.78 Å². The minimum atomic E-state index is -0.107. The molecule has 1 saturated heterocycles. The van der Waals surface area contributed by atoms with Crippen molar-refractivity contribution in [3.63, 3.8) is 0 Å². The first kappa shape index (κ1) is 10.3. The van der Waals surface area contributed by atoms with Crippen LogP contribution in [0.3, 0.4) is 0 Å². The number of carbonyl (C=O) groups is 1. The quantitative estimate of drug-likeness (QED) is 0.736. The van der Waals surface area contributed by atoms with Gasteiger partial charge in [0.2, 0.25) is 0 Å². The van der Waals surface area contributed by atoms with Crippen LogP contribution in [-0.2, 0) is 9.53 Å². The van der Waals surface area contributed by atoms with Gasteiger partial charge in [0.15, 0.2) is 5.78 Å². The fourth-order valence-electron chi connectivity index (χ4n) is 2.47. The van der Waals surface area contributed by atoms with E-state index in [1.165, 1.54) is 0 Å². The van der Waals surface area contributed by atoms with Crippen LogP contribution in [0.25, 0.3) is 0 Å². The molecule has 17 heavy (non-hydrogen) atoms. The van der Waals surface area contributed by atoms with Crippen LogP contribution in [0.2, 0.25) is 0 Å². The Bertz CT molecular complexity index is 485. The van der Waals surface area contributed by atoms with Gasteiger partial charge in [-0.15, -0.1) is 0 Å². The molecule has 2 nitrogen and oxygen atoms in total. The van der Waals surface area contributed by atoms with Crippen molar-refractivity contribution in [3.8, 4) is 0 Å². The van der Waals surface area contributed by atoms with Crippen LogP contribution in [0.5, 0.6) is 0 Å². The fraction of sp³-hybridized carbons (Fsp3) is 0.267. The molecule has 1 aliphatic carbocycles. The number of allylic oxidation sites excluding steroid dienone is 4. The van der Waals surface area contributed by atoms with Crippen LogP contribution in [0.15, 0.2) is 54.3 Å². The molecule has 0 saturated carbocycles. The van der Waals surface area contributed by atoms with Crippen molar-refractivity contribution in [1.29, 1.82) is 0 Å². The Hall–Kier alpha value is -1.83. The van der Waals surface area contributed by atoms with Crippen LogP contribution < -0.4 is 0 Å². The number of rotatable bonds is 1. The summed E-state index contributed by atoms with van der Waals surface area (Å²) in [7, 11) is 0. The summed E-state index contributed by atoms with van der Waals surface area (Å²) in [5, 5.41) is 0. The number of Topliss-reactive ketones (excluding diaryl/α,β-unsaturated/α-hetero) is 1. The molecule has 0 aromatic heterocycles. The van der Waals surface area contributed by atoms with Crippen molar-refractivity contribution in [2.24, 2.45) is 5.92 Å². The highest BCUT2D eigenvalue weighted by Crippen LogP contribution is 2.34. The van der Waals surface area contributed by atoms with Crippen molar-refractivity contribution < 1.29 is 9.53 Å². The maximum Gasteiger partial charge on any atom is 0.154 e. The van der Waals surface area contributed by atoms with Crippen LogP contribution in [0.1, 0.15) is 17.9 Å². The molecular weight excluding hydrogens is 212 g/mol. The molecule has 1 aromatic rings. The molecule has 2 atom stereocenters. The Balaban J connectivity index is 1.89. The first-order valence-electron chi connectivity index (χ1n) is 5.94. The van der Waals surface area contributed by atoms with Gasteiger partial charge in [-0.25, -0.2) is 0 Å². The lowest BCUT2D eigenvalue weighted by Gasteiger charge is -2.31. The number of hydrogen-bond acceptors (Lipinski definition) is 2. The molecule has 3 rings (SSSR count). The van der Waals surface area contributed by atoms with Gasteiger partial charge in [0.25, 0.3) is 0 Å². The average molecular weight is 226 g/mol. The van der Waals surface area contributed by atoms with Gasteiger partial charge in [-0.05, 0) is 18.1 Å². The van der Waals surface area contributed by atoms with E-state index in [1.807, 2.05) is 48.6 Å². The largest absolute Gasteiger partial charge is 0.496 e. The highest BCUT2D eigenvalue weighted by Gasteiger charge is 2.36. The zero-order valence-electron chi connectivity index (χ0n) is 9.50. The van der Waals surface area contributed by atoms with Crippen LogP contribution in [0.4, 0.5) is 0 Å². The van der Waals surface area contributed by atoms with Crippen molar-refractivity contribution in [3.05, 3.63) is 59.9 Å². The molecule has 1 aromatic carbocycles. The van der Waals surface area contributed by atoms with Gasteiger partial charge in [0, 0.05) is 0 Å². The minimum Gasteiger partial charge on any atom is -0.496 e. The molecular formula is C15H14O2. The molecule has 86 valence electrons. The summed E-state index contributed by atoms with van der Waals surface area (Å²) in [4.78, 5) is 12.4. The van der Waals surface area contributed by atoms with Gasteiger partial charge in [-0.3, -0.25) is 4.79 Å². The van der Waals surface area contributed by atoms with E-state index in [2.05, 4.69) is 0 Å². The summed E-state index contributed by atoms with van der Waals surface area (Å²) < 4.78 is 5.71. The lowest BCUT2D eigenvalue weighted by Crippen LogP contribution is -2.33. The topological polar surface area (TPSA) is 26.3 Å². The normalized spacial score (nSPS) is 27.1. The van der Waals surface area contributed by atoms with Gasteiger partial charge in [-0.1, -0.05) is 42.5 Å². The standard InChI is InChI=1S/C15H14O2/c16-15-12-8-4-5-9-14(12)17-10-13(15)11-6-2-1-3-7-11/h1-7,9,12-13H,8,10H2. The Kier molecular flexibility index (Phi) is 2.56. The maximum absolute atomic E-state index is 12.4.